The van der Waals surface area contributed by atoms with Crippen molar-refractivity contribution in [2.75, 3.05) is 5.33 Å². The molecule has 1 rings (SSSR count). The maximum absolute atomic E-state index is 13.2. The predicted octanol–water partition coefficient (Wildman–Crippen LogP) is 4.61. The van der Waals surface area contributed by atoms with Gasteiger partial charge in [0.2, 0.25) is 0 Å². The molecule has 0 amide bonds. The molecule has 0 saturated heterocycles. The fraction of sp³-hybridized carbons (Fsp3) is 0.333. The minimum atomic E-state index is -0.366. The number of hydrogen-bond acceptors (Lipinski definition) is 0. The quantitative estimate of drug-likeness (QED) is 0.561. The van der Waals surface area contributed by atoms with Crippen LogP contribution in [0.2, 0.25) is 5.02 Å². The summed E-state index contributed by atoms with van der Waals surface area (Å²) < 4.78 is 13.2. The Labute approximate surface area is 103 Å². The SMILES string of the molecule is C=CC(C)(CBr)Cc1cccc(F)c1Cl. The van der Waals surface area contributed by atoms with Crippen molar-refractivity contribution in [3.63, 3.8) is 0 Å². The topological polar surface area (TPSA) is 0 Å². The number of halogens is 3. The predicted molar refractivity (Wildman–Crippen MR) is 67.2 cm³/mol. The zero-order valence-corrected chi connectivity index (χ0v) is 10.9. The van der Waals surface area contributed by atoms with Crippen LogP contribution in [0.4, 0.5) is 4.39 Å². The highest BCUT2D eigenvalue weighted by atomic mass is 79.9. The maximum Gasteiger partial charge on any atom is 0.142 e. The van der Waals surface area contributed by atoms with Crippen molar-refractivity contribution >= 4 is 27.5 Å². The molecule has 0 aromatic heterocycles. The molecule has 1 unspecified atom stereocenters. The molecule has 0 aliphatic carbocycles. The van der Waals surface area contributed by atoms with E-state index in [1.54, 1.807) is 6.07 Å². The molecule has 0 bridgehead atoms. The van der Waals surface area contributed by atoms with Gasteiger partial charge in [0.05, 0.1) is 5.02 Å². The fourth-order valence-corrected chi connectivity index (χ4v) is 1.91. The highest BCUT2D eigenvalue weighted by Crippen LogP contribution is 2.30. The van der Waals surface area contributed by atoms with E-state index in [-0.39, 0.29) is 16.3 Å². The van der Waals surface area contributed by atoms with Crippen molar-refractivity contribution < 1.29 is 4.39 Å². The molecule has 15 heavy (non-hydrogen) atoms. The first-order valence-corrected chi connectivity index (χ1v) is 6.15. The van der Waals surface area contributed by atoms with Gasteiger partial charge in [-0.15, -0.1) is 6.58 Å². The van der Waals surface area contributed by atoms with Gasteiger partial charge in [-0.1, -0.05) is 52.7 Å². The van der Waals surface area contributed by atoms with E-state index in [1.807, 2.05) is 12.1 Å². The standard InChI is InChI=1S/C12H13BrClF/c1-3-12(2,8-13)7-9-5-4-6-10(15)11(9)14/h3-6H,1,7-8H2,2H3. The second-order valence-corrected chi connectivity index (χ2v) is 4.82. The lowest BCUT2D eigenvalue weighted by Gasteiger charge is -2.23. The summed E-state index contributed by atoms with van der Waals surface area (Å²) in [5, 5.41) is 0.989. The van der Waals surface area contributed by atoms with Gasteiger partial charge in [0, 0.05) is 5.33 Å². The lowest BCUT2D eigenvalue weighted by molar-refractivity contribution is 0.491. The van der Waals surface area contributed by atoms with Crippen molar-refractivity contribution in [2.24, 2.45) is 5.41 Å². The summed E-state index contributed by atoms with van der Waals surface area (Å²) in [7, 11) is 0. The number of benzene rings is 1. The van der Waals surface area contributed by atoms with Gasteiger partial charge < -0.3 is 0 Å². The van der Waals surface area contributed by atoms with Gasteiger partial charge in [0.25, 0.3) is 0 Å². The van der Waals surface area contributed by atoms with Crippen molar-refractivity contribution in [3.8, 4) is 0 Å². The van der Waals surface area contributed by atoms with Crippen molar-refractivity contribution in [1.82, 2.24) is 0 Å². The summed E-state index contributed by atoms with van der Waals surface area (Å²) in [6.07, 6.45) is 2.54. The Bertz CT molecular complexity index is 365. The molecule has 3 heteroatoms. The molecule has 0 saturated carbocycles. The molecule has 1 aromatic rings. The third kappa shape index (κ3) is 3.05. The number of alkyl halides is 1. The lowest BCUT2D eigenvalue weighted by atomic mass is 9.86. The molecular formula is C12H13BrClF. The van der Waals surface area contributed by atoms with Gasteiger partial charge in [0.1, 0.15) is 5.82 Å². The van der Waals surface area contributed by atoms with Crippen LogP contribution in [0.15, 0.2) is 30.9 Å². The maximum atomic E-state index is 13.2. The molecule has 1 atom stereocenters. The van der Waals surface area contributed by atoms with Crippen LogP contribution in [-0.2, 0) is 6.42 Å². The summed E-state index contributed by atoms with van der Waals surface area (Å²) in [4.78, 5) is 0. The number of rotatable bonds is 4. The molecule has 0 nitrogen and oxygen atoms in total. The Hall–Kier alpha value is -0.340. The number of allylic oxidation sites excluding steroid dienone is 1. The summed E-state index contributed by atoms with van der Waals surface area (Å²) in [5.41, 5.74) is 0.718. The smallest absolute Gasteiger partial charge is 0.142 e. The van der Waals surface area contributed by atoms with Crippen LogP contribution < -0.4 is 0 Å². The van der Waals surface area contributed by atoms with E-state index >= 15 is 0 Å². The van der Waals surface area contributed by atoms with Gasteiger partial charge in [-0.2, -0.15) is 0 Å². The molecule has 0 N–H and O–H groups in total. The fourth-order valence-electron chi connectivity index (χ4n) is 1.29. The summed E-state index contributed by atoms with van der Waals surface area (Å²) in [6.45, 7) is 5.84. The zero-order valence-electron chi connectivity index (χ0n) is 8.56. The van der Waals surface area contributed by atoms with Gasteiger partial charge in [0.15, 0.2) is 0 Å². The Morgan fingerprint density at radius 3 is 2.80 bits per heavy atom. The minimum absolute atomic E-state index is 0.0998. The summed E-state index contributed by atoms with van der Waals surface area (Å²) in [6, 6.07) is 4.88. The van der Waals surface area contributed by atoms with Crippen LogP contribution in [-0.4, -0.2) is 5.33 Å². The summed E-state index contributed by atoms with van der Waals surface area (Å²) >= 11 is 9.31. The molecular weight excluding hydrogens is 278 g/mol. The van der Waals surface area contributed by atoms with Gasteiger partial charge in [-0.3, -0.25) is 0 Å². The molecule has 0 spiro atoms. The van der Waals surface area contributed by atoms with Crippen molar-refractivity contribution in [1.29, 1.82) is 0 Å². The van der Waals surface area contributed by atoms with Crippen LogP contribution in [0.3, 0.4) is 0 Å². The van der Waals surface area contributed by atoms with Gasteiger partial charge >= 0.3 is 0 Å². The normalized spacial score (nSPS) is 14.7. The van der Waals surface area contributed by atoms with E-state index < -0.39 is 0 Å². The van der Waals surface area contributed by atoms with Crippen LogP contribution in [0.25, 0.3) is 0 Å². The third-order valence-electron chi connectivity index (χ3n) is 2.42. The molecule has 1 aromatic carbocycles. The highest BCUT2D eigenvalue weighted by molar-refractivity contribution is 9.09. The minimum Gasteiger partial charge on any atom is -0.205 e. The van der Waals surface area contributed by atoms with Crippen LogP contribution >= 0.6 is 27.5 Å². The first-order valence-electron chi connectivity index (χ1n) is 4.65. The Kier molecular flexibility index (Phi) is 4.35. The first kappa shape index (κ1) is 12.7. The Morgan fingerprint density at radius 2 is 2.27 bits per heavy atom. The van der Waals surface area contributed by atoms with E-state index in [4.69, 9.17) is 11.6 Å². The van der Waals surface area contributed by atoms with E-state index in [0.717, 1.165) is 10.9 Å². The van der Waals surface area contributed by atoms with Gasteiger partial charge in [-0.05, 0) is 23.5 Å². The van der Waals surface area contributed by atoms with Gasteiger partial charge in [-0.25, -0.2) is 4.39 Å². The molecule has 0 aliphatic rings. The average molecular weight is 292 g/mol. The van der Waals surface area contributed by atoms with E-state index in [0.29, 0.717) is 6.42 Å². The monoisotopic (exact) mass is 290 g/mol. The molecule has 0 aliphatic heterocycles. The Morgan fingerprint density at radius 1 is 1.60 bits per heavy atom. The molecule has 82 valence electrons. The third-order valence-corrected chi connectivity index (χ3v) is 4.13. The first-order chi connectivity index (χ1) is 7.02. The molecule has 0 fully saturated rings. The average Bonchev–Trinajstić information content (AvgIpc) is 2.25. The van der Waals surface area contributed by atoms with Crippen LogP contribution in [0.1, 0.15) is 12.5 Å². The van der Waals surface area contributed by atoms with E-state index in [1.165, 1.54) is 6.07 Å². The molecule has 0 heterocycles. The zero-order chi connectivity index (χ0) is 11.5. The van der Waals surface area contributed by atoms with Crippen molar-refractivity contribution in [3.05, 3.63) is 47.3 Å². The summed E-state index contributed by atoms with van der Waals surface area (Å²) in [5.74, 6) is -0.366. The highest BCUT2D eigenvalue weighted by Gasteiger charge is 2.21. The largest absolute Gasteiger partial charge is 0.205 e. The molecule has 0 radical (unpaired) electrons. The number of hydrogen-bond donors (Lipinski definition) is 0. The van der Waals surface area contributed by atoms with Crippen LogP contribution in [0.5, 0.6) is 0 Å². The Balaban J connectivity index is 2.98. The van der Waals surface area contributed by atoms with Crippen LogP contribution in [0, 0.1) is 11.2 Å². The second kappa shape index (κ2) is 5.13. The van der Waals surface area contributed by atoms with E-state index in [2.05, 4.69) is 29.4 Å². The lowest BCUT2D eigenvalue weighted by Crippen LogP contribution is -2.18. The van der Waals surface area contributed by atoms with Crippen molar-refractivity contribution in [2.45, 2.75) is 13.3 Å². The second-order valence-electron chi connectivity index (χ2n) is 3.88. The van der Waals surface area contributed by atoms with E-state index in [9.17, 15) is 4.39 Å².